The third-order valence-corrected chi connectivity index (χ3v) is 4.94. The summed E-state index contributed by atoms with van der Waals surface area (Å²) in [5, 5.41) is 7.79. The van der Waals surface area contributed by atoms with Gasteiger partial charge in [0.1, 0.15) is 0 Å². The van der Waals surface area contributed by atoms with Gasteiger partial charge in [-0.1, -0.05) is 0 Å². The van der Waals surface area contributed by atoms with E-state index in [9.17, 15) is 0 Å². The maximum absolute atomic E-state index is 3.50. The monoisotopic (exact) mass is 301 g/mol. The van der Waals surface area contributed by atoms with E-state index < -0.39 is 0 Å². The largest absolute Gasteiger partial charge is 0.309 e. The Kier molecular flexibility index (Phi) is 3.61. The maximum atomic E-state index is 3.50. The Balaban J connectivity index is 2.36. The highest BCUT2D eigenvalue weighted by molar-refractivity contribution is 9.11. The Hall–Kier alpha value is -0.160. The van der Waals surface area contributed by atoms with Crippen LogP contribution in [-0.2, 0) is 0 Å². The molecule has 0 spiro atoms. The van der Waals surface area contributed by atoms with Crippen molar-refractivity contribution in [2.45, 2.75) is 13.0 Å². The van der Waals surface area contributed by atoms with Gasteiger partial charge in [-0.15, -0.1) is 11.3 Å². The highest BCUT2D eigenvalue weighted by Gasteiger charge is 2.16. The van der Waals surface area contributed by atoms with Gasteiger partial charge in [0.25, 0.3) is 0 Å². The van der Waals surface area contributed by atoms with E-state index in [0.717, 1.165) is 0 Å². The Bertz CT molecular complexity index is 447. The Morgan fingerprint density at radius 2 is 2.13 bits per heavy atom. The standard InChI is InChI=1S/C11H12BrNS2/c1-7-5-14-6-8(7)11(13-2)9-3-4-10(12)15-9/h3-6,11,13H,1-2H3. The van der Waals surface area contributed by atoms with Crippen LogP contribution in [0.25, 0.3) is 0 Å². The molecule has 2 aromatic rings. The smallest absolute Gasteiger partial charge is 0.0702 e. The van der Waals surface area contributed by atoms with Crippen LogP contribution in [-0.4, -0.2) is 7.05 Å². The Morgan fingerprint density at radius 3 is 2.60 bits per heavy atom. The van der Waals surface area contributed by atoms with E-state index in [1.165, 1.54) is 19.8 Å². The van der Waals surface area contributed by atoms with E-state index >= 15 is 0 Å². The number of nitrogens with one attached hydrogen (secondary N) is 1. The Morgan fingerprint density at radius 1 is 1.33 bits per heavy atom. The molecule has 0 aromatic carbocycles. The van der Waals surface area contributed by atoms with Gasteiger partial charge in [0.2, 0.25) is 0 Å². The number of halogens is 1. The van der Waals surface area contributed by atoms with Crippen molar-refractivity contribution in [3.8, 4) is 0 Å². The molecule has 2 aromatic heterocycles. The van der Waals surface area contributed by atoms with Crippen molar-refractivity contribution in [1.29, 1.82) is 0 Å². The van der Waals surface area contributed by atoms with E-state index in [2.05, 4.69) is 51.1 Å². The lowest BCUT2D eigenvalue weighted by Crippen LogP contribution is -2.16. The third-order valence-electron chi connectivity index (χ3n) is 2.37. The predicted molar refractivity (Wildman–Crippen MR) is 72.0 cm³/mol. The molecule has 0 fully saturated rings. The quantitative estimate of drug-likeness (QED) is 0.896. The lowest BCUT2D eigenvalue weighted by atomic mass is 10.1. The SMILES string of the molecule is CNC(c1ccc(Br)s1)c1cscc1C. The van der Waals surface area contributed by atoms with Crippen molar-refractivity contribution < 1.29 is 0 Å². The molecule has 0 amide bonds. The lowest BCUT2D eigenvalue weighted by molar-refractivity contribution is 0.702. The summed E-state index contributed by atoms with van der Waals surface area (Å²) in [7, 11) is 2.01. The summed E-state index contributed by atoms with van der Waals surface area (Å²) >= 11 is 7.06. The molecular weight excluding hydrogens is 290 g/mol. The van der Waals surface area contributed by atoms with Crippen molar-refractivity contribution in [1.82, 2.24) is 5.32 Å². The Labute approximate surface area is 106 Å². The van der Waals surface area contributed by atoms with E-state index in [0.29, 0.717) is 6.04 Å². The fourth-order valence-electron chi connectivity index (χ4n) is 1.60. The first-order valence-corrected chi connectivity index (χ1v) is 7.22. The molecule has 2 rings (SSSR count). The molecule has 15 heavy (non-hydrogen) atoms. The van der Waals surface area contributed by atoms with Crippen molar-refractivity contribution >= 4 is 38.6 Å². The molecule has 0 saturated heterocycles. The molecule has 0 aliphatic carbocycles. The fraction of sp³-hybridized carbons (Fsp3) is 0.273. The molecule has 0 saturated carbocycles. The number of thiophene rings is 2. The van der Waals surface area contributed by atoms with Gasteiger partial charge < -0.3 is 5.32 Å². The summed E-state index contributed by atoms with van der Waals surface area (Å²) < 4.78 is 1.19. The van der Waals surface area contributed by atoms with Crippen LogP contribution < -0.4 is 5.32 Å². The number of hydrogen-bond donors (Lipinski definition) is 1. The molecule has 2 heterocycles. The summed E-state index contributed by atoms with van der Waals surface area (Å²) in [6, 6.07) is 4.60. The van der Waals surface area contributed by atoms with Crippen LogP contribution >= 0.6 is 38.6 Å². The zero-order valence-corrected chi connectivity index (χ0v) is 11.8. The lowest BCUT2D eigenvalue weighted by Gasteiger charge is -2.14. The summed E-state index contributed by atoms with van der Waals surface area (Å²) in [5.41, 5.74) is 2.75. The van der Waals surface area contributed by atoms with Gasteiger partial charge in [-0.25, -0.2) is 0 Å². The number of aryl methyl sites for hydroxylation is 1. The zero-order chi connectivity index (χ0) is 10.8. The minimum atomic E-state index is 0.326. The topological polar surface area (TPSA) is 12.0 Å². The molecule has 0 aliphatic rings. The van der Waals surface area contributed by atoms with E-state index in [1.807, 2.05) is 7.05 Å². The molecule has 1 nitrogen and oxygen atoms in total. The molecule has 1 unspecified atom stereocenters. The van der Waals surface area contributed by atoms with Gasteiger partial charge in [-0.05, 0) is 63.9 Å². The van der Waals surface area contributed by atoms with Crippen LogP contribution in [0.1, 0.15) is 22.0 Å². The average Bonchev–Trinajstić information content (AvgIpc) is 2.79. The van der Waals surface area contributed by atoms with Crippen LogP contribution in [0.15, 0.2) is 26.7 Å². The van der Waals surface area contributed by atoms with Crippen LogP contribution in [0, 0.1) is 6.92 Å². The van der Waals surface area contributed by atoms with Gasteiger partial charge in [0.05, 0.1) is 9.83 Å². The maximum Gasteiger partial charge on any atom is 0.0702 e. The second-order valence-electron chi connectivity index (χ2n) is 3.37. The first-order valence-electron chi connectivity index (χ1n) is 4.67. The molecule has 1 atom stereocenters. The first kappa shape index (κ1) is 11.3. The molecule has 0 radical (unpaired) electrons. The van der Waals surface area contributed by atoms with Gasteiger partial charge in [0, 0.05) is 4.88 Å². The van der Waals surface area contributed by atoms with Crippen LogP contribution in [0.4, 0.5) is 0 Å². The highest BCUT2D eigenvalue weighted by atomic mass is 79.9. The van der Waals surface area contributed by atoms with E-state index in [1.54, 1.807) is 22.7 Å². The first-order chi connectivity index (χ1) is 7.22. The molecule has 0 bridgehead atoms. The minimum Gasteiger partial charge on any atom is -0.309 e. The summed E-state index contributed by atoms with van der Waals surface area (Å²) in [5.74, 6) is 0. The highest BCUT2D eigenvalue weighted by Crippen LogP contribution is 2.33. The van der Waals surface area contributed by atoms with Gasteiger partial charge in [-0.3, -0.25) is 0 Å². The van der Waals surface area contributed by atoms with Gasteiger partial charge in [0.15, 0.2) is 0 Å². The second-order valence-corrected chi connectivity index (χ2v) is 6.61. The zero-order valence-electron chi connectivity index (χ0n) is 8.58. The van der Waals surface area contributed by atoms with Crippen LogP contribution in [0.3, 0.4) is 0 Å². The van der Waals surface area contributed by atoms with Gasteiger partial charge in [-0.2, -0.15) is 11.3 Å². The van der Waals surface area contributed by atoms with Crippen molar-refractivity contribution in [2.75, 3.05) is 7.05 Å². The van der Waals surface area contributed by atoms with Crippen molar-refractivity contribution in [3.05, 3.63) is 42.7 Å². The molecule has 80 valence electrons. The summed E-state index contributed by atoms with van der Waals surface area (Å²) in [6.07, 6.45) is 0. The van der Waals surface area contributed by atoms with Gasteiger partial charge >= 0.3 is 0 Å². The van der Waals surface area contributed by atoms with E-state index in [-0.39, 0.29) is 0 Å². The summed E-state index contributed by atoms with van der Waals surface area (Å²) in [6.45, 7) is 2.17. The van der Waals surface area contributed by atoms with Crippen LogP contribution in [0.2, 0.25) is 0 Å². The molecule has 4 heteroatoms. The summed E-state index contributed by atoms with van der Waals surface area (Å²) in [4.78, 5) is 1.35. The second kappa shape index (κ2) is 4.78. The molecule has 1 N–H and O–H groups in total. The molecule has 0 aliphatic heterocycles. The van der Waals surface area contributed by atoms with Crippen molar-refractivity contribution in [2.24, 2.45) is 0 Å². The third kappa shape index (κ3) is 2.33. The van der Waals surface area contributed by atoms with Crippen molar-refractivity contribution in [3.63, 3.8) is 0 Å². The number of hydrogen-bond acceptors (Lipinski definition) is 3. The predicted octanol–water partition coefficient (Wildman–Crippen LogP) is 4.19. The fourth-order valence-corrected chi connectivity index (χ4v) is 4.03. The number of rotatable bonds is 3. The normalized spacial score (nSPS) is 13.0. The van der Waals surface area contributed by atoms with E-state index in [4.69, 9.17) is 0 Å². The average molecular weight is 302 g/mol. The minimum absolute atomic E-state index is 0.326. The van der Waals surface area contributed by atoms with Crippen LogP contribution in [0.5, 0.6) is 0 Å². The molecular formula is C11H12BrNS2.